The Morgan fingerprint density at radius 2 is 0.196 bits per heavy atom. The molecule has 3 heteroatoms. The second-order valence-electron chi connectivity index (χ2n) is 9.83. The molecule has 0 aliphatic rings. The van der Waals surface area contributed by atoms with Crippen LogP contribution >= 0.6 is 0 Å². The molecule has 0 amide bonds. The van der Waals surface area contributed by atoms with Gasteiger partial charge in [0.2, 0.25) is 0 Å². The van der Waals surface area contributed by atoms with Gasteiger partial charge in [-0.05, 0) is 0 Å². The summed E-state index contributed by atoms with van der Waals surface area (Å²) >= 11 is 0. The predicted octanol–water partition coefficient (Wildman–Crippen LogP) is 14.9. The first-order valence-electron chi connectivity index (χ1n) is 18.1. The summed E-state index contributed by atoms with van der Waals surface area (Å²) in [7, 11) is 9.75. The Balaban J connectivity index is -0.0000000843. The number of hydrogen-bond acceptors (Lipinski definition) is 3. The third kappa shape index (κ3) is 132. The van der Waals surface area contributed by atoms with Gasteiger partial charge < -0.3 is 14.2 Å². The minimum atomic E-state index is 1.25. The van der Waals surface area contributed by atoms with Crippen LogP contribution in [0.2, 0.25) is 0 Å². The molecule has 5 rings (SSSR count). The van der Waals surface area contributed by atoms with Gasteiger partial charge in [-0.25, -0.2) is 0 Å². The first kappa shape index (κ1) is 62.1. The van der Waals surface area contributed by atoms with Crippen molar-refractivity contribution in [3.05, 3.63) is 182 Å². The number of ether oxygens (including phenoxy) is 3. The summed E-state index contributed by atoms with van der Waals surface area (Å²) in [5, 5.41) is 0. The third-order valence-corrected chi connectivity index (χ3v) is 3.33. The molecule has 0 radical (unpaired) electrons. The molecule has 5 aromatic rings. The van der Waals surface area contributed by atoms with E-state index in [9.17, 15) is 0 Å². The van der Waals surface area contributed by atoms with E-state index in [1.807, 2.05) is 182 Å². The zero-order valence-electron chi connectivity index (χ0n) is 35.4. The van der Waals surface area contributed by atoms with Crippen LogP contribution in [0.25, 0.3) is 0 Å². The van der Waals surface area contributed by atoms with Gasteiger partial charge in [-0.3, -0.25) is 0 Å². The lowest BCUT2D eigenvalue weighted by Gasteiger charge is -1.69. The monoisotopic (exact) mass is 705 g/mol. The summed E-state index contributed by atoms with van der Waals surface area (Å²) < 4.78 is 12.8. The molecule has 0 heterocycles. The molecular formula is C48H80O3. The molecule has 0 saturated carbocycles. The Kier molecular flexibility index (Phi) is 104. The van der Waals surface area contributed by atoms with Gasteiger partial charge in [0, 0.05) is 42.7 Å². The van der Waals surface area contributed by atoms with Crippen LogP contribution in [0, 0.1) is 0 Å². The van der Waals surface area contributed by atoms with Gasteiger partial charge in [-0.2, -0.15) is 0 Å². The summed E-state index contributed by atoms with van der Waals surface area (Å²) in [5.41, 5.74) is 0. The minimum absolute atomic E-state index is 1.25. The van der Waals surface area contributed by atoms with Gasteiger partial charge in [-0.1, -0.05) is 263 Å². The average Bonchev–Trinajstić information content (AvgIpc) is 3.19. The standard InChI is InChI=1S/5C6H6.4C3H8.3C2H6O/c5*1-2-4-6-5-3-1;7*1-3-2/h5*1-6H;4*3H2,1-2H3;3*1-2H3. The maximum absolute atomic E-state index is 4.25. The SMILES string of the molecule is CCC.CCC.CCC.CCC.COC.COC.COC.c1ccccc1.c1ccccc1.c1ccccc1.c1ccccc1.c1ccccc1. The van der Waals surface area contributed by atoms with Crippen molar-refractivity contribution in [3.8, 4) is 0 Å². The second kappa shape index (κ2) is 85.5. The maximum Gasteiger partial charge on any atom is 0.0351 e. The summed E-state index contributed by atoms with van der Waals surface area (Å²) in [6, 6.07) is 60.0. The maximum atomic E-state index is 4.25. The highest BCUT2D eigenvalue weighted by molar-refractivity contribution is 5.01. The highest BCUT2D eigenvalue weighted by atomic mass is 16.5. The lowest BCUT2D eigenvalue weighted by Crippen LogP contribution is -1.55. The van der Waals surface area contributed by atoms with E-state index in [4.69, 9.17) is 0 Å². The van der Waals surface area contributed by atoms with Crippen LogP contribution in [-0.4, -0.2) is 42.7 Å². The molecule has 51 heavy (non-hydrogen) atoms. The predicted molar refractivity (Wildman–Crippen MR) is 235 cm³/mol. The smallest absolute Gasteiger partial charge is 0.0351 e. The van der Waals surface area contributed by atoms with Crippen LogP contribution in [0.4, 0.5) is 0 Å². The Hall–Kier alpha value is -4.02. The zero-order valence-corrected chi connectivity index (χ0v) is 35.4. The number of hydrogen-bond donors (Lipinski definition) is 0. The van der Waals surface area contributed by atoms with E-state index in [1.165, 1.54) is 25.7 Å². The molecule has 0 aliphatic carbocycles. The van der Waals surface area contributed by atoms with Crippen molar-refractivity contribution < 1.29 is 14.2 Å². The first-order valence-corrected chi connectivity index (χ1v) is 18.1. The molecule has 5 aromatic carbocycles. The Bertz CT molecular complexity index is 649. The lowest BCUT2D eigenvalue weighted by molar-refractivity contribution is 0.277. The Morgan fingerprint density at radius 3 is 0.216 bits per heavy atom. The molecule has 0 fully saturated rings. The molecule has 290 valence electrons. The van der Waals surface area contributed by atoms with Crippen molar-refractivity contribution >= 4 is 0 Å². The van der Waals surface area contributed by atoms with E-state index in [-0.39, 0.29) is 0 Å². The fraction of sp³-hybridized carbons (Fsp3) is 0.375. The van der Waals surface area contributed by atoms with Crippen molar-refractivity contribution in [2.24, 2.45) is 0 Å². The average molecular weight is 705 g/mol. The van der Waals surface area contributed by atoms with Crippen LogP contribution < -0.4 is 0 Å². The Labute approximate surface area is 319 Å². The molecule has 0 atom stereocenters. The van der Waals surface area contributed by atoms with Gasteiger partial charge in [0.1, 0.15) is 0 Å². The molecule has 0 bridgehead atoms. The van der Waals surface area contributed by atoms with Crippen molar-refractivity contribution in [1.29, 1.82) is 0 Å². The first-order chi connectivity index (χ1) is 24.9. The van der Waals surface area contributed by atoms with E-state index < -0.39 is 0 Å². The summed E-state index contributed by atoms with van der Waals surface area (Å²) in [6.07, 6.45) is 5.00. The van der Waals surface area contributed by atoms with Crippen LogP contribution in [0.3, 0.4) is 0 Å². The molecule has 0 aliphatic heterocycles. The van der Waals surface area contributed by atoms with E-state index in [1.54, 1.807) is 42.7 Å². The summed E-state index contributed by atoms with van der Waals surface area (Å²) in [4.78, 5) is 0. The number of methoxy groups -OCH3 is 3. The van der Waals surface area contributed by atoms with Crippen LogP contribution in [0.1, 0.15) is 81.1 Å². The van der Waals surface area contributed by atoms with E-state index >= 15 is 0 Å². The molecule has 0 saturated heterocycles. The van der Waals surface area contributed by atoms with Crippen molar-refractivity contribution in [1.82, 2.24) is 0 Å². The Morgan fingerprint density at radius 1 is 0.176 bits per heavy atom. The van der Waals surface area contributed by atoms with E-state index in [0.29, 0.717) is 0 Å². The number of rotatable bonds is 0. The zero-order chi connectivity index (χ0) is 40.2. The van der Waals surface area contributed by atoms with E-state index in [2.05, 4.69) is 69.6 Å². The van der Waals surface area contributed by atoms with Gasteiger partial charge in [0.25, 0.3) is 0 Å². The number of benzene rings is 5. The van der Waals surface area contributed by atoms with Crippen LogP contribution in [0.15, 0.2) is 182 Å². The molecule has 3 nitrogen and oxygen atoms in total. The molecule has 0 N–H and O–H groups in total. The second-order valence-corrected chi connectivity index (χ2v) is 9.83. The third-order valence-electron chi connectivity index (χ3n) is 3.33. The molecule has 0 aromatic heterocycles. The van der Waals surface area contributed by atoms with Gasteiger partial charge in [-0.15, -0.1) is 0 Å². The largest absolute Gasteiger partial charge is 0.388 e. The highest BCUT2D eigenvalue weighted by Crippen LogP contribution is 1.82. The van der Waals surface area contributed by atoms with Gasteiger partial charge in [0.05, 0.1) is 0 Å². The minimum Gasteiger partial charge on any atom is -0.388 e. The lowest BCUT2D eigenvalue weighted by atomic mass is 10.4. The highest BCUT2D eigenvalue weighted by Gasteiger charge is 1.60. The van der Waals surface area contributed by atoms with Crippen LogP contribution in [-0.2, 0) is 14.2 Å². The van der Waals surface area contributed by atoms with Crippen molar-refractivity contribution in [3.63, 3.8) is 0 Å². The van der Waals surface area contributed by atoms with Crippen molar-refractivity contribution in [2.75, 3.05) is 42.7 Å². The fourth-order valence-corrected chi connectivity index (χ4v) is 1.92. The topological polar surface area (TPSA) is 27.7 Å². The molecular weight excluding hydrogens is 625 g/mol. The fourth-order valence-electron chi connectivity index (χ4n) is 1.92. The molecule has 0 spiro atoms. The normalized spacial score (nSPS) is 7.18. The molecule has 0 unspecified atom stereocenters. The van der Waals surface area contributed by atoms with Crippen LogP contribution in [0.5, 0.6) is 0 Å². The van der Waals surface area contributed by atoms with Gasteiger partial charge >= 0.3 is 0 Å². The summed E-state index contributed by atoms with van der Waals surface area (Å²) in [6.45, 7) is 17.0. The van der Waals surface area contributed by atoms with Crippen molar-refractivity contribution in [2.45, 2.75) is 81.1 Å². The summed E-state index contributed by atoms with van der Waals surface area (Å²) in [5.74, 6) is 0. The quantitative estimate of drug-likeness (QED) is 0.161. The van der Waals surface area contributed by atoms with Gasteiger partial charge in [0.15, 0.2) is 0 Å². The van der Waals surface area contributed by atoms with E-state index in [0.717, 1.165) is 0 Å².